The van der Waals surface area contributed by atoms with Crippen molar-refractivity contribution in [3.63, 3.8) is 0 Å². The fourth-order valence-electron chi connectivity index (χ4n) is 14.4. The molecule has 14 aromatic rings. The van der Waals surface area contributed by atoms with Crippen molar-refractivity contribution in [2.75, 3.05) is 56.4 Å². The van der Waals surface area contributed by atoms with Gasteiger partial charge in [0.1, 0.15) is 46.0 Å². The van der Waals surface area contributed by atoms with Gasteiger partial charge >= 0.3 is 28.3 Å². The van der Waals surface area contributed by atoms with Crippen molar-refractivity contribution in [2.24, 2.45) is 49.8 Å². The molecule has 0 atom stereocenters. The van der Waals surface area contributed by atoms with Crippen LogP contribution in [-0.2, 0) is 70.8 Å². The average Bonchev–Trinajstić information content (AvgIpc) is 0.761. The molecule has 0 unspecified atom stereocenters. The molecule has 29 rings (SSSR count). The Kier molecular flexibility index (Phi) is 31.0. The van der Waals surface area contributed by atoms with E-state index in [4.69, 9.17) is 157 Å². The molecule has 26 nitrogen and oxygen atoms in total. The van der Waals surface area contributed by atoms with Gasteiger partial charge in [-0.15, -0.1) is 9.03 Å². The van der Waals surface area contributed by atoms with Crippen LogP contribution in [0.3, 0.4) is 0 Å². The van der Waals surface area contributed by atoms with E-state index in [-0.39, 0.29) is 0 Å². The SMILES string of the molecule is CN1N=Cc2ccc(cc2)OP2(=S)N=P3(c4ccccc4)Oc4ccc(cc4)C=NN(C)P(=S)(c4ccccc4)N(C)N=Cc4ccc(cc4)OP(c4ccccc4)(=NP(=S)(Oc4ccc(cc4)C=NN(C)P1(=S)c1ccccc1)Oc1ccc(cc1)C=NN(C)P(=S)(c1ccccc1)N(C)N=Cc1ccc(cc1)O2)Oc1ccc(cc1)C=NN(C)P(=S)(c1ccccc1)N(C)N=Cc1ccc(cc1)O3. The van der Waals surface area contributed by atoms with Crippen LogP contribution in [0.5, 0.6) is 46.0 Å². The summed E-state index contributed by atoms with van der Waals surface area (Å²) in [6.45, 7) is -8.49. The zero-order valence-corrected chi connectivity index (χ0v) is 88.8. The van der Waals surface area contributed by atoms with Crippen LogP contribution in [0, 0.1) is 0 Å². The third kappa shape index (κ3) is 22.9. The fourth-order valence-corrected chi connectivity index (χ4v) is 36.8. The maximum absolute atomic E-state index is 7.52. The lowest BCUT2D eigenvalue weighted by Gasteiger charge is -2.35. The summed E-state index contributed by atoms with van der Waals surface area (Å²) in [7, 11) is 6.49. The Hall–Kier alpha value is -12.4. The molecule has 15 aliphatic heterocycles. The molecule has 708 valence electrons. The first-order chi connectivity index (χ1) is 67.7. The van der Waals surface area contributed by atoms with Gasteiger partial charge in [0.05, 0.1) is 60.3 Å². The number of hydrazone groups is 8. The number of rotatable bonds is 6. The van der Waals surface area contributed by atoms with Crippen LogP contribution in [-0.4, -0.2) is 144 Å². The average molecular weight is 2120 g/mol. The van der Waals surface area contributed by atoms with E-state index in [1.165, 1.54) is 0 Å². The Morgan fingerprint density at radius 1 is 0.164 bits per heavy atom. The van der Waals surface area contributed by atoms with Crippen LogP contribution in [0.1, 0.15) is 44.5 Å². The normalized spacial score (nSPS) is 22.6. The molecule has 0 saturated carbocycles. The fraction of sp³-hybridized carbons (Fsp3) is 0.0800. The van der Waals surface area contributed by atoms with Gasteiger partial charge in [-0.1, -0.05) is 158 Å². The first kappa shape index (κ1) is 99.2. The Morgan fingerprint density at radius 3 is 0.436 bits per heavy atom. The minimum atomic E-state index is -4.24. The third-order valence-electron chi connectivity index (χ3n) is 22.0. The molecule has 0 amide bonds. The van der Waals surface area contributed by atoms with E-state index in [9.17, 15) is 0 Å². The van der Waals surface area contributed by atoms with Gasteiger partial charge in [-0.2, -0.15) is 40.8 Å². The largest absolute Gasteiger partial charge is 0.427 e. The van der Waals surface area contributed by atoms with Gasteiger partial charge < -0.3 is 36.2 Å². The zero-order valence-electron chi connectivity index (χ0n) is 76.8. The Bertz CT molecular complexity index is 6710. The number of hydrogen-bond donors (Lipinski definition) is 0. The van der Waals surface area contributed by atoms with E-state index in [0.29, 0.717) is 101 Å². The van der Waals surface area contributed by atoms with Crippen molar-refractivity contribution in [1.29, 1.82) is 0 Å². The highest BCUT2D eigenvalue weighted by Crippen LogP contribution is 2.66. The van der Waals surface area contributed by atoms with E-state index >= 15 is 0 Å². The highest BCUT2D eigenvalue weighted by Gasteiger charge is 2.41. The second-order valence-corrected chi connectivity index (χ2v) is 59.3. The van der Waals surface area contributed by atoms with Gasteiger partial charge in [0, 0.05) is 101 Å². The lowest BCUT2D eigenvalue weighted by molar-refractivity contribution is 0.471. The van der Waals surface area contributed by atoms with Crippen molar-refractivity contribution < 1.29 is 36.2 Å². The summed E-state index contributed by atoms with van der Waals surface area (Å²) in [5.41, 5.74) is 5.48. The molecule has 0 radical (unpaired) electrons. The Morgan fingerprint density at radius 2 is 0.293 bits per heavy atom. The van der Waals surface area contributed by atoms with Gasteiger partial charge in [-0.25, -0.2) is 38.2 Å². The monoisotopic (exact) mass is 2110 g/mol. The summed E-state index contributed by atoms with van der Waals surface area (Å²) in [5.74, 6) is 2.55. The number of nitrogens with zero attached hydrogens (tertiary/aromatic N) is 18. The lowest BCUT2D eigenvalue weighted by atomic mass is 10.2. The molecule has 40 heteroatoms. The molecule has 0 N–H and O–H groups in total. The van der Waals surface area contributed by atoms with Crippen LogP contribution < -0.4 is 68.0 Å². The van der Waals surface area contributed by atoms with Crippen molar-refractivity contribution in [3.8, 4) is 46.0 Å². The topological polar surface area (TPSA) is 223 Å². The number of benzene rings is 14. The molecular formula is C100H94N18O8P8S6. The summed E-state index contributed by atoms with van der Waals surface area (Å²) in [6, 6.07) is 117. The molecule has 0 spiro atoms. The predicted molar refractivity (Wildman–Crippen MR) is 600 cm³/mol. The van der Waals surface area contributed by atoms with Crippen LogP contribution in [0.4, 0.5) is 0 Å². The van der Waals surface area contributed by atoms with E-state index in [0.717, 1.165) is 21.2 Å². The first-order valence-electron chi connectivity index (χ1n) is 43.5. The molecule has 0 saturated heterocycles. The van der Waals surface area contributed by atoms with Gasteiger partial charge in [0.25, 0.3) is 0 Å². The highest BCUT2D eigenvalue weighted by molar-refractivity contribution is 8.17. The summed E-state index contributed by atoms with van der Waals surface area (Å²) in [5, 5.41) is 45.1. The summed E-state index contributed by atoms with van der Waals surface area (Å²) in [6.07, 6.45) is 1.53. The molecular weight excluding hydrogens is 2020 g/mol. The smallest absolute Gasteiger partial charge is 0.418 e. The highest BCUT2D eigenvalue weighted by atomic mass is 32.5. The van der Waals surface area contributed by atoms with Crippen molar-refractivity contribution >= 4 is 206 Å². The van der Waals surface area contributed by atoms with Gasteiger partial charge in [0.2, 0.25) is 0 Å². The molecule has 0 fully saturated rings. The molecule has 15 aliphatic rings. The van der Waals surface area contributed by atoms with Gasteiger partial charge in [-0.3, -0.25) is 0 Å². The summed E-state index contributed by atoms with van der Waals surface area (Å²) in [4.78, 5) is 0. The second kappa shape index (κ2) is 43.8. The van der Waals surface area contributed by atoms with Crippen LogP contribution in [0.25, 0.3) is 0 Å². The molecule has 140 heavy (non-hydrogen) atoms. The van der Waals surface area contributed by atoms with Crippen molar-refractivity contribution in [2.45, 2.75) is 0 Å². The quantitative estimate of drug-likeness (QED) is 0.141. The van der Waals surface area contributed by atoms with E-state index in [1.807, 2.05) is 384 Å². The molecule has 20 bridgehead atoms. The standard InChI is InChI=1S/C100H94N18O8P8S6/c1-111-101-71-79-39-55-87(56-40-79)119-127(95-27-15-9-16-28-95)109-133(139)123-91-63-47-83(48-64-91)75-105-115(5)131(137,99-35-23-13-24-36-99)117(7)107-77-85-51-67-93(68-52-85)125-134(140,126-94-69-53-86(54-70-94)78-108-118(8)132(138,100-37-25-14-26-38-100)116(6)106-76-84-49-65-92(124-133)66-50-84)110-128(96-29-17-10-18-30-96,120-88-57-41-80(42-58-88)72-102-112(2)129(111,135)97-31-19-11-20-32-97)122-90-61-45-82(46-62-90)74-104-114(4)130(136,98-33-21-12-22-34-98)113(3)103-73-81-43-59-89(121-127)60-44-81/h9-78H,1-8H3. The van der Waals surface area contributed by atoms with Crippen LogP contribution in [0.15, 0.2) is 426 Å². The van der Waals surface area contributed by atoms with Gasteiger partial charge in [0.15, 0.2) is 25.4 Å². The summed E-state index contributed by atoms with van der Waals surface area (Å²) < 4.78 is 84.5. The maximum Gasteiger partial charge on any atom is 0.418 e. The zero-order chi connectivity index (χ0) is 97.5. The van der Waals surface area contributed by atoms with E-state index in [2.05, 4.69) is 0 Å². The van der Waals surface area contributed by atoms with E-state index < -0.39 is 53.7 Å². The molecule has 0 aliphatic carbocycles. The molecule has 14 aromatic carbocycles. The first-order valence-corrected chi connectivity index (χ1v) is 62.7. The van der Waals surface area contributed by atoms with Gasteiger partial charge in [-0.05, 0) is 310 Å². The van der Waals surface area contributed by atoms with E-state index in [1.54, 1.807) is 136 Å². The molecule has 15 heterocycles. The number of hydrogen-bond acceptors (Lipinski definition) is 22. The maximum atomic E-state index is 7.52. The van der Waals surface area contributed by atoms with Crippen LogP contribution >= 0.6 is 53.7 Å². The predicted octanol–water partition coefficient (Wildman–Crippen LogP) is 22.5. The minimum Gasteiger partial charge on any atom is -0.427 e. The molecule has 0 aromatic heterocycles. The lowest BCUT2D eigenvalue weighted by Crippen LogP contribution is -2.27. The van der Waals surface area contributed by atoms with Crippen molar-refractivity contribution in [1.82, 2.24) is 38.2 Å². The Balaban J connectivity index is 0.919. The Labute approximate surface area is 846 Å². The van der Waals surface area contributed by atoms with Crippen LogP contribution in [0.2, 0.25) is 0 Å². The summed E-state index contributed by atoms with van der Waals surface area (Å²) >= 11 is 41.1. The minimum absolute atomic E-state index is 0.296. The second-order valence-electron chi connectivity index (χ2n) is 31.5. The third-order valence-corrected chi connectivity index (χ3v) is 52.5. The van der Waals surface area contributed by atoms with Crippen molar-refractivity contribution in [3.05, 3.63) is 421 Å².